The highest BCUT2D eigenvalue weighted by Crippen LogP contribution is 2.43. The van der Waals surface area contributed by atoms with E-state index in [1.54, 1.807) is 33.5 Å². The van der Waals surface area contributed by atoms with Gasteiger partial charge in [-0.1, -0.05) is 41.4 Å². The normalized spacial score (nSPS) is 18.2. The fourth-order valence-corrected chi connectivity index (χ4v) is 8.07. The van der Waals surface area contributed by atoms with Gasteiger partial charge in [0, 0.05) is 43.2 Å². The molecular formula is C40H45Cl2N5O5. The molecule has 2 aliphatic heterocycles. The van der Waals surface area contributed by atoms with E-state index in [9.17, 15) is 4.79 Å². The molecule has 3 aromatic carbocycles. The van der Waals surface area contributed by atoms with Crippen LogP contribution in [0.5, 0.6) is 17.2 Å². The van der Waals surface area contributed by atoms with Gasteiger partial charge in [-0.3, -0.25) is 4.79 Å². The molecule has 7 rings (SSSR count). The molecule has 5 aromatic rings. The Balaban J connectivity index is 1.04. The third-order valence-corrected chi connectivity index (χ3v) is 11.4. The lowest BCUT2D eigenvalue weighted by Gasteiger charge is -2.36. The monoisotopic (exact) mass is 745 g/mol. The molecule has 52 heavy (non-hydrogen) atoms. The number of likely N-dealkylation sites (tertiary alicyclic amines) is 2. The van der Waals surface area contributed by atoms with Crippen LogP contribution in [0.4, 0.5) is 5.95 Å². The minimum Gasteiger partial charge on any atom is -0.493 e. The molecule has 12 heteroatoms. The second-order valence-electron chi connectivity index (χ2n) is 13.8. The summed E-state index contributed by atoms with van der Waals surface area (Å²) in [6.45, 7) is 6.57. The highest BCUT2D eigenvalue weighted by Gasteiger charge is 2.42. The summed E-state index contributed by atoms with van der Waals surface area (Å²) in [5.74, 6) is 3.94. The van der Waals surface area contributed by atoms with Crippen LogP contribution >= 0.6 is 23.2 Å². The lowest BCUT2D eigenvalue weighted by atomic mass is 9.76. The summed E-state index contributed by atoms with van der Waals surface area (Å²) in [6, 6.07) is 21.9. The first-order valence-electron chi connectivity index (χ1n) is 17.7. The SMILES string of the molecule is COc1cc(C(=O)N2CCC(CCN3CCC(Nc4nc5ccccc5n4Cc4ccc(C)o4)CC3)(c3ccc(Cl)c(Cl)c3)C2)cc(OC)c1OC. The Kier molecular flexibility index (Phi) is 10.6. The molecule has 1 N–H and O–H groups in total. The van der Waals surface area contributed by atoms with E-state index in [4.69, 9.17) is 46.8 Å². The van der Waals surface area contributed by atoms with Crippen LogP contribution in [-0.4, -0.2) is 85.4 Å². The van der Waals surface area contributed by atoms with Crippen LogP contribution < -0.4 is 19.5 Å². The molecule has 1 amide bonds. The molecule has 2 saturated heterocycles. The number of carbonyl (C=O) groups is 1. The fourth-order valence-electron chi connectivity index (χ4n) is 7.77. The minimum atomic E-state index is -0.283. The number of anilines is 1. The number of piperidine rings is 1. The van der Waals surface area contributed by atoms with E-state index in [1.165, 1.54) is 0 Å². The molecule has 2 fully saturated rings. The molecule has 1 unspecified atom stereocenters. The van der Waals surface area contributed by atoms with Crippen LogP contribution in [0.15, 0.2) is 71.1 Å². The van der Waals surface area contributed by atoms with Crippen molar-refractivity contribution in [3.63, 3.8) is 0 Å². The van der Waals surface area contributed by atoms with Gasteiger partial charge in [-0.15, -0.1) is 0 Å². The average molecular weight is 747 g/mol. The van der Waals surface area contributed by atoms with Gasteiger partial charge in [0.05, 0.1) is 49.0 Å². The molecule has 1 atom stereocenters. The van der Waals surface area contributed by atoms with Gasteiger partial charge < -0.3 is 38.3 Å². The van der Waals surface area contributed by atoms with Gasteiger partial charge in [0.15, 0.2) is 11.5 Å². The lowest BCUT2D eigenvalue weighted by Crippen LogP contribution is -2.42. The number of imidazole rings is 1. The summed E-state index contributed by atoms with van der Waals surface area (Å²) >= 11 is 12.9. The summed E-state index contributed by atoms with van der Waals surface area (Å²) in [6.07, 6.45) is 3.67. The zero-order valence-corrected chi connectivity index (χ0v) is 31.6. The topological polar surface area (TPSA) is 94.2 Å². The quantitative estimate of drug-likeness (QED) is 0.137. The largest absolute Gasteiger partial charge is 0.493 e. The summed E-state index contributed by atoms with van der Waals surface area (Å²) in [4.78, 5) is 23.4. The predicted molar refractivity (Wildman–Crippen MR) is 205 cm³/mol. The van der Waals surface area contributed by atoms with E-state index in [0.717, 1.165) is 79.4 Å². The second kappa shape index (κ2) is 15.3. The fraction of sp³-hybridized carbons (Fsp3) is 0.400. The van der Waals surface area contributed by atoms with Crippen molar-refractivity contribution in [1.29, 1.82) is 0 Å². The number of amides is 1. The summed E-state index contributed by atoms with van der Waals surface area (Å²) in [7, 11) is 4.65. The Labute approximate surface area is 314 Å². The van der Waals surface area contributed by atoms with Crippen molar-refractivity contribution in [3.8, 4) is 17.2 Å². The Bertz CT molecular complexity index is 2030. The number of benzene rings is 3. The highest BCUT2D eigenvalue weighted by molar-refractivity contribution is 6.42. The van der Waals surface area contributed by atoms with E-state index in [-0.39, 0.29) is 11.3 Å². The van der Waals surface area contributed by atoms with Crippen LogP contribution in [0.1, 0.15) is 53.1 Å². The predicted octanol–water partition coefficient (Wildman–Crippen LogP) is 8.07. The average Bonchev–Trinajstić information content (AvgIpc) is 3.89. The summed E-state index contributed by atoms with van der Waals surface area (Å²) in [5.41, 5.74) is 3.35. The number of rotatable bonds is 12. The first-order chi connectivity index (χ1) is 25.2. The molecule has 2 aromatic heterocycles. The number of nitrogens with zero attached hydrogens (tertiary/aromatic N) is 4. The Morgan fingerprint density at radius 2 is 1.69 bits per heavy atom. The van der Waals surface area contributed by atoms with Gasteiger partial charge in [-0.2, -0.15) is 0 Å². The zero-order valence-electron chi connectivity index (χ0n) is 30.1. The number of aromatic nitrogens is 2. The molecular weight excluding hydrogens is 701 g/mol. The van der Waals surface area contributed by atoms with Crippen molar-refractivity contribution < 1.29 is 23.4 Å². The van der Waals surface area contributed by atoms with Crippen molar-refractivity contribution in [3.05, 3.63) is 99.4 Å². The maximum atomic E-state index is 14.0. The molecule has 0 bridgehead atoms. The van der Waals surface area contributed by atoms with E-state index in [0.29, 0.717) is 58.5 Å². The number of halogens is 2. The molecule has 2 aliphatic rings. The van der Waals surface area contributed by atoms with E-state index in [2.05, 4.69) is 33.0 Å². The van der Waals surface area contributed by atoms with Crippen molar-refractivity contribution >= 4 is 46.1 Å². The number of fused-ring (bicyclic) bond motifs is 1. The summed E-state index contributed by atoms with van der Waals surface area (Å²) in [5, 5.41) is 4.81. The number of carbonyl (C=O) groups excluding carboxylic acids is 1. The number of hydrogen-bond donors (Lipinski definition) is 1. The molecule has 274 valence electrons. The first-order valence-corrected chi connectivity index (χ1v) is 18.5. The molecule has 4 heterocycles. The first kappa shape index (κ1) is 36.0. The summed E-state index contributed by atoms with van der Waals surface area (Å²) < 4.78 is 24.7. The van der Waals surface area contributed by atoms with Gasteiger partial charge in [0.25, 0.3) is 5.91 Å². The molecule has 0 saturated carbocycles. The van der Waals surface area contributed by atoms with Gasteiger partial charge in [0.1, 0.15) is 11.5 Å². The minimum absolute atomic E-state index is 0.0821. The number of hydrogen-bond acceptors (Lipinski definition) is 8. The molecule has 10 nitrogen and oxygen atoms in total. The van der Waals surface area contributed by atoms with E-state index in [1.807, 2.05) is 48.2 Å². The highest BCUT2D eigenvalue weighted by atomic mass is 35.5. The van der Waals surface area contributed by atoms with E-state index < -0.39 is 0 Å². The molecule has 0 radical (unpaired) electrons. The van der Waals surface area contributed by atoms with Crippen LogP contribution in [-0.2, 0) is 12.0 Å². The number of nitrogens with one attached hydrogen (secondary N) is 1. The second-order valence-corrected chi connectivity index (χ2v) is 14.6. The number of methoxy groups -OCH3 is 3. The van der Waals surface area contributed by atoms with Crippen molar-refractivity contribution in [2.75, 3.05) is 59.4 Å². The zero-order chi connectivity index (χ0) is 36.4. The third-order valence-electron chi connectivity index (χ3n) is 10.7. The van der Waals surface area contributed by atoms with Crippen molar-refractivity contribution in [1.82, 2.24) is 19.4 Å². The maximum absolute atomic E-state index is 14.0. The van der Waals surface area contributed by atoms with Gasteiger partial charge in [-0.25, -0.2) is 4.98 Å². The van der Waals surface area contributed by atoms with Crippen LogP contribution in [0.3, 0.4) is 0 Å². The Hall–Kier alpha value is -4.38. The smallest absolute Gasteiger partial charge is 0.254 e. The number of ether oxygens (including phenoxy) is 3. The lowest BCUT2D eigenvalue weighted by molar-refractivity contribution is 0.0779. The van der Waals surface area contributed by atoms with Crippen molar-refractivity contribution in [2.45, 2.75) is 50.6 Å². The van der Waals surface area contributed by atoms with Crippen LogP contribution in [0.2, 0.25) is 10.0 Å². The third kappa shape index (κ3) is 7.29. The van der Waals surface area contributed by atoms with Crippen LogP contribution in [0.25, 0.3) is 11.0 Å². The maximum Gasteiger partial charge on any atom is 0.254 e. The number of furan rings is 1. The molecule has 0 aliphatic carbocycles. The molecule has 0 spiro atoms. The standard InChI is InChI=1S/C40H45Cl2N5O5/c1-26-9-11-30(52-26)24-47-34-8-6-5-7-33(34)44-39(47)43-29-13-17-45(18-14-29)19-15-40(28-10-12-31(41)32(42)23-28)16-20-46(25-40)38(48)27-21-35(49-2)37(51-4)36(22-27)50-3/h5-12,21-23,29H,13-20,24-25H2,1-4H3,(H,43,44). The number of aryl methyl sites for hydroxylation is 1. The van der Waals surface area contributed by atoms with Gasteiger partial charge >= 0.3 is 0 Å². The van der Waals surface area contributed by atoms with Crippen molar-refractivity contribution in [2.24, 2.45) is 0 Å². The van der Waals surface area contributed by atoms with Crippen LogP contribution in [0, 0.1) is 6.92 Å². The Morgan fingerprint density at radius 3 is 2.37 bits per heavy atom. The van der Waals surface area contributed by atoms with E-state index >= 15 is 0 Å². The van der Waals surface area contributed by atoms with Gasteiger partial charge in [0.2, 0.25) is 11.7 Å². The van der Waals surface area contributed by atoms with Gasteiger partial charge in [-0.05, 0) is 93.2 Å². The Morgan fingerprint density at radius 1 is 0.942 bits per heavy atom. The number of para-hydroxylation sites is 2.